The van der Waals surface area contributed by atoms with Crippen molar-refractivity contribution < 1.29 is 4.79 Å². The van der Waals surface area contributed by atoms with E-state index >= 15 is 0 Å². The van der Waals surface area contributed by atoms with Crippen LogP contribution >= 0.6 is 23.1 Å². The maximum atomic E-state index is 11.6. The Morgan fingerprint density at radius 2 is 2.00 bits per heavy atom. The van der Waals surface area contributed by atoms with Gasteiger partial charge in [-0.3, -0.25) is 4.79 Å². The monoisotopic (exact) mass is 277 g/mol. The van der Waals surface area contributed by atoms with Crippen LogP contribution in [0.5, 0.6) is 0 Å². The fourth-order valence-electron chi connectivity index (χ4n) is 1.49. The van der Waals surface area contributed by atoms with Crippen LogP contribution in [0.3, 0.4) is 0 Å². The van der Waals surface area contributed by atoms with Gasteiger partial charge >= 0.3 is 0 Å². The van der Waals surface area contributed by atoms with Gasteiger partial charge in [0, 0.05) is 17.2 Å². The summed E-state index contributed by atoms with van der Waals surface area (Å²) >= 11 is 3.38. The highest BCUT2D eigenvalue weighted by atomic mass is 32.2. The van der Waals surface area contributed by atoms with Crippen molar-refractivity contribution in [1.29, 1.82) is 0 Å². The summed E-state index contributed by atoms with van der Waals surface area (Å²) in [5, 5.41) is 4.98. The van der Waals surface area contributed by atoms with E-state index in [1.807, 2.05) is 36.4 Å². The van der Waals surface area contributed by atoms with E-state index in [2.05, 4.69) is 16.8 Å². The minimum Gasteiger partial charge on any atom is -0.351 e. The fraction of sp³-hybridized carbons (Fsp3) is 0.214. The van der Waals surface area contributed by atoms with Gasteiger partial charge in [-0.05, 0) is 17.0 Å². The summed E-state index contributed by atoms with van der Waals surface area (Å²) < 4.78 is 0. The Balaban J connectivity index is 1.63. The molecule has 0 aliphatic rings. The molecule has 0 fully saturated rings. The molecular weight excluding hydrogens is 262 g/mol. The van der Waals surface area contributed by atoms with Gasteiger partial charge in [0.2, 0.25) is 5.91 Å². The quantitative estimate of drug-likeness (QED) is 0.878. The van der Waals surface area contributed by atoms with Gasteiger partial charge in [-0.25, -0.2) is 0 Å². The van der Waals surface area contributed by atoms with E-state index in [9.17, 15) is 4.79 Å². The second-order valence-corrected chi connectivity index (χ2v) is 5.85. The van der Waals surface area contributed by atoms with E-state index in [0.29, 0.717) is 12.3 Å². The molecule has 0 saturated carbocycles. The Labute approximate surface area is 115 Å². The first-order valence-electron chi connectivity index (χ1n) is 5.75. The smallest absolute Gasteiger partial charge is 0.230 e. The Bertz CT molecular complexity index is 468. The molecule has 1 amide bonds. The van der Waals surface area contributed by atoms with Gasteiger partial charge in [-0.2, -0.15) is 0 Å². The lowest BCUT2D eigenvalue weighted by atomic mass is 10.2. The zero-order valence-corrected chi connectivity index (χ0v) is 11.6. The highest BCUT2D eigenvalue weighted by Crippen LogP contribution is 2.16. The topological polar surface area (TPSA) is 29.1 Å². The number of benzene rings is 1. The first kappa shape index (κ1) is 13.2. The zero-order valence-electron chi connectivity index (χ0n) is 9.96. The molecule has 0 bridgehead atoms. The number of carbonyl (C=O) groups excluding carboxylic acids is 1. The Kier molecular flexibility index (Phi) is 5.30. The van der Waals surface area contributed by atoms with E-state index in [0.717, 1.165) is 11.3 Å². The van der Waals surface area contributed by atoms with Crippen molar-refractivity contribution in [2.45, 2.75) is 12.3 Å². The van der Waals surface area contributed by atoms with Crippen molar-refractivity contribution in [3.05, 3.63) is 58.3 Å². The van der Waals surface area contributed by atoms with Gasteiger partial charge in [-0.15, -0.1) is 23.1 Å². The van der Waals surface area contributed by atoms with E-state index in [4.69, 9.17) is 0 Å². The highest BCUT2D eigenvalue weighted by Gasteiger charge is 2.02. The summed E-state index contributed by atoms with van der Waals surface area (Å²) in [7, 11) is 0. The molecule has 0 spiro atoms. The Morgan fingerprint density at radius 1 is 1.17 bits per heavy atom. The molecule has 0 saturated heterocycles. The number of nitrogens with one attached hydrogen (secondary N) is 1. The molecule has 2 nitrogen and oxygen atoms in total. The average Bonchev–Trinajstić information content (AvgIpc) is 2.91. The third kappa shape index (κ3) is 4.55. The van der Waals surface area contributed by atoms with E-state index in [1.165, 1.54) is 4.88 Å². The van der Waals surface area contributed by atoms with E-state index < -0.39 is 0 Å². The summed E-state index contributed by atoms with van der Waals surface area (Å²) in [4.78, 5) is 12.9. The number of thiophene rings is 1. The van der Waals surface area contributed by atoms with Crippen molar-refractivity contribution in [1.82, 2.24) is 5.32 Å². The van der Waals surface area contributed by atoms with Crippen LogP contribution in [0.15, 0.2) is 47.8 Å². The minimum atomic E-state index is 0.0976. The summed E-state index contributed by atoms with van der Waals surface area (Å²) in [5.74, 6) is 1.53. The molecule has 94 valence electrons. The number of carbonyl (C=O) groups is 1. The van der Waals surface area contributed by atoms with Crippen LogP contribution in [0.4, 0.5) is 0 Å². The third-order valence-electron chi connectivity index (χ3n) is 2.39. The van der Waals surface area contributed by atoms with Crippen LogP contribution in [0, 0.1) is 0 Å². The van der Waals surface area contributed by atoms with Crippen LogP contribution in [-0.2, 0) is 17.1 Å². The van der Waals surface area contributed by atoms with Gasteiger partial charge in [0.15, 0.2) is 0 Å². The molecule has 1 aromatic heterocycles. The molecule has 0 aliphatic heterocycles. The molecule has 0 atom stereocenters. The third-order valence-corrected chi connectivity index (χ3v) is 4.43. The van der Waals surface area contributed by atoms with Crippen molar-refractivity contribution in [2.24, 2.45) is 0 Å². The summed E-state index contributed by atoms with van der Waals surface area (Å²) in [6, 6.07) is 14.1. The predicted molar refractivity (Wildman–Crippen MR) is 78.8 cm³/mol. The molecule has 0 radical (unpaired) electrons. The lowest BCUT2D eigenvalue weighted by Crippen LogP contribution is -2.24. The van der Waals surface area contributed by atoms with Crippen LogP contribution in [-0.4, -0.2) is 11.7 Å². The van der Waals surface area contributed by atoms with Crippen molar-refractivity contribution in [3.63, 3.8) is 0 Å². The van der Waals surface area contributed by atoms with Crippen LogP contribution < -0.4 is 5.32 Å². The van der Waals surface area contributed by atoms with Gasteiger partial charge in [0.05, 0.1) is 5.75 Å². The number of thioether (sulfide) groups is 1. The molecule has 2 rings (SSSR count). The SMILES string of the molecule is O=C(CSCc1cccs1)NCc1ccccc1. The first-order chi connectivity index (χ1) is 8.84. The molecule has 1 N–H and O–H groups in total. The molecule has 2 aromatic rings. The normalized spacial score (nSPS) is 10.2. The fourth-order valence-corrected chi connectivity index (χ4v) is 3.18. The van der Waals surface area contributed by atoms with Crippen molar-refractivity contribution in [2.75, 3.05) is 5.75 Å². The van der Waals surface area contributed by atoms with Crippen LogP contribution in [0.1, 0.15) is 10.4 Å². The maximum absolute atomic E-state index is 11.6. The van der Waals surface area contributed by atoms with Gasteiger partial charge in [0.1, 0.15) is 0 Å². The molecule has 4 heteroatoms. The van der Waals surface area contributed by atoms with Gasteiger partial charge in [0.25, 0.3) is 0 Å². The number of amides is 1. The summed E-state index contributed by atoms with van der Waals surface area (Å²) in [6.45, 7) is 0.610. The number of hydrogen-bond donors (Lipinski definition) is 1. The second kappa shape index (κ2) is 7.24. The minimum absolute atomic E-state index is 0.0976. The van der Waals surface area contributed by atoms with Crippen molar-refractivity contribution in [3.8, 4) is 0 Å². The average molecular weight is 277 g/mol. The summed E-state index contributed by atoms with van der Waals surface area (Å²) in [6.07, 6.45) is 0. The Morgan fingerprint density at radius 3 is 2.72 bits per heavy atom. The summed E-state index contributed by atoms with van der Waals surface area (Å²) in [5.41, 5.74) is 1.13. The van der Waals surface area contributed by atoms with Crippen LogP contribution in [0.2, 0.25) is 0 Å². The highest BCUT2D eigenvalue weighted by molar-refractivity contribution is 7.99. The van der Waals surface area contributed by atoms with E-state index in [1.54, 1.807) is 23.1 Å². The number of rotatable bonds is 6. The van der Waals surface area contributed by atoms with Crippen molar-refractivity contribution >= 4 is 29.0 Å². The molecule has 1 heterocycles. The molecule has 1 aromatic carbocycles. The lowest BCUT2D eigenvalue weighted by Gasteiger charge is -2.04. The molecule has 0 aliphatic carbocycles. The molecule has 18 heavy (non-hydrogen) atoms. The molecular formula is C14H15NOS2. The van der Waals surface area contributed by atoms with E-state index in [-0.39, 0.29) is 5.91 Å². The largest absolute Gasteiger partial charge is 0.351 e. The zero-order chi connectivity index (χ0) is 12.6. The van der Waals surface area contributed by atoms with Gasteiger partial charge in [-0.1, -0.05) is 36.4 Å². The predicted octanol–water partition coefficient (Wildman–Crippen LogP) is 3.30. The molecule has 0 unspecified atom stereocenters. The van der Waals surface area contributed by atoms with Crippen LogP contribution in [0.25, 0.3) is 0 Å². The number of hydrogen-bond acceptors (Lipinski definition) is 3. The van der Waals surface area contributed by atoms with Gasteiger partial charge < -0.3 is 5.32 Å². The standard InChI is InChI=1S/C14H15NOS2/c16-14(11-17-10-13-7-4-8-18-13)15-9-12-5-2-1-3-6-12/h1-8H,9-11H2,(H,15,16). The second-order valence-electron chi connectivity index (χ2n) is 3.83. The first-order valence-corrected chi connectivity index (χ1v) is 7.79. The lowest BCUT2D eigenvalue weighted by molar-refractivity contribution is -0.118. The maximum Gasteiger partial charge on any atom is 0.230 e. The Hall–Kier alpha value is -1.26.